The molecule has 0 saturated carbocycles. The first-order valence-corrected chi connectivity index (χ1v) is 8.80. The molecule has 9 heteroatoms. The van der Waals surface area contributed by atoms with E-state index in [2.05, 4.69) is 5.32 Å². The van der Waals surface area contributed by atoms with E-state index in [1.54, 1.807) is 30.3 Å². The SMILES string of the molecule is C[C@]1(C(=O)O)[C@@H](c2ccc([N+](=O)[O-])cc2)N[C@@]2(c3ccccc3)C(=O)OC(=O)[C@@H]12. The first kappa shape index (κ1) is 18.8. The second-order valence-corrected chi connectivity index (χ2v) is 7.33. The lowest BCUT2D eigenvalue weighted by atomic mass is 9.66. The van der Waals surface area contributed by atoms with Crippen LogP contribution in [0.4, 0.5) is 5.69 Å². The van der Waals surface area contributed by atoms with Crippen LogP contribution in [0.15, 0.2) is 54.6 Å². The number of aliphatic carboxylic acids is 1. The number of hydrogen-bond donors (Lipinski definition) is 2. The van der Waals surface area contributed by atoms with Gasteiger partial charge >= 0.3 is 17.9 Å². The summed E-state index contributed by atoms with van der Waals surface area (Å²) < 4.78 is 4.87. The van der Waals surface area contributed by atoms with Crippen LogP contribution in [0.3, 0.4) is 0 Å². The maximum absolute atomic E-state index is 12.8. The van der Waals surface area contributed by atoms with E-state index in [-0.39, 0.29) is 5.69 Å². The van der Waals surface area contributed by atoms with Crippen molar-refractivity contribution in [1.82, 2.24) is 5.32 Å². The maximum Gasteiger partial charge on any atom is 0.339 e. The molecular formula is C20H16N2O7. The average Bonchev–Trinajstić information content (AvgIpc) is 3.14. The number of rotatable bonds is 4. The summed E-state index contributed by atoms with van der Waals surface area (Å²) in [5.74, 6) is -4.39. The van der Waals surface area contributed by atoms with Crippen molar-refractivity contribution < 1.29 is 29.2 Å². The van der Waals surface area contributed by atoms with Gasteiger partial charge in [0.15, 0.2) is 5.54 Å². The Morgan fingerprint density at radius 3 is 2.31 bits per heavy atom. The number of nitro groups is 1. The second kappa shape index (κ2) is 6.21. The van der Waals surface area contributed by atoms with Gasteiger partial charge < -0.3 is 9.84 Å². The minimum Gasteiger partial charge on any atom is -0.481 e. The molecule has 0 radical (unpaired) electrons. The molecule has 2 aromatic rings. The monoisotopic (exact) mass is 396 g/mol. The number of carboxylic acids is 1. The molecule has 148 valence electrons. The number of benzene rings is 2. The van der Waals surface area contributed by atoms with Crippen LogP contribution in [0.1, 0.15) is 24.1 Å². The van der Waals surface area contributed by atoms with E-state index in [0.29, 0.717) is 11.1 Å². The van der Waals surface area contributed by atoms with Crippen LogP contribution in [0, 0.1) is 21.4 Å². The number of carbonyl (C=O) groups excluding carboxylic acids is 2. The van der Waals surface area contributed by atoms with Crippen molar-refractivity contribution in [3.63, 3.8) is 0 Å². The molecule has 0 aliphatic carbocycles. The lowest BCUT2D eigenvalue weighted by Gasteiger charge is -2.29. The Hall–Kier alpha value is -3.59. The normalized spacial score (nSPS) is 30.7. The number of cyclic esters (lactones) is 2. The van der Waals surface area contributed by atoms with Crippen molar-refractivity contribution in [1.29, 1.82) is 0 Å². The number of non-ortho nitro benzene ring substituents is 1. The molecule has 2 aliphatic rings. The topological polar surface area (TPSA) is 136 Å². The summed E-state index contributed by atoms with van der Waals surface area (Å²) in [6.45, 7) is 1.38. The van der Waals surface area contributed by atoms with E-state index < -0.39 is 45.7 Å². The molecular weight excluding hydrogens is 380 g/mol. The largest absolute Gasteiger partial charge is 0.481 e. The Kier molecular flexibility index (Phi) is 4.02. The fraction of sp³-hybridized carbons (Fsp3) is 0.250. The van der Waals surface area contributed by atoms with Gasteiger partial charge in [-0.1, -0.05) is 42.5 Å². The Morgan fingerprint density at radius 1 is 1.14 bits per heavy atom. The van der Waals surface area contributed by atoms with E-state index in [0.717, 1.165) is 0 Å². The zero-order chi connectivity index (χ0) is 21.0. The number of nitro benzene ring substituents is 1. The number of nitrogens with zero attached hydrogens (tertiary/aromatic N) is 1. The number of carboxylic acid groups (broad SMARTS) is 1. The van der Waals surface area contributed by atoms with E-state index in [4.69, 9.17) is 4.74 Å². The summed E-state index contributed by atoms with van der Waals surface area (Å²) in [5, 5.41) is 24.1. The smallest absolute Gasteiger partial charge is 0.339 e. The molecule has 0 unspecified atom stereocenters. The van der Waals surface area contributed by atoms with Crippen molar-refractivity contribution >= 4 is 23.6 Å². The molecule has 2 aliphatic heterocycles. The van der Waals surface area contributed by atoms with Gasteiger partial charge in [0.2, 0.25) is 0 Å². The standard InChI is InChI=1S/C20H16N2O7/c1-19(17(24)25)14-16(23)29-18(26)20(14,12-5-3-2-4-6-12)21-15(19)11-7-9-13(10-8-11)22(27)28/h2-10,14-15,21H,1H3,(H,24,25)/t14-,15+,19+,20+/m0/s1. The lowest BCUT2D eigenvalue weighted by molar-refractivity contribution is -0.384. The first-order chi connectivity index (χ1) is 13.7. The van der Waals surface area contributed by atoms with Gasteiger partial charge in [-0.3, -0.25) is 25.0 Å². The molecule has 0 amide bonds. The first-order valence-electron chi connectivity index (χ1n) is 8.80. The second-order valence-electron chi connectivity index (χ2n) is 7.33. The molecule has 0 aromatic heterocycles. The van der Waals surface area contributed by atoms with Crippen molar-refractivity contribution in [2.75, 3.05) is 0 Å². The fourth-order valence-corrected chi connectivity index (χ4v) is 4.44. The number of carbonyl (C=O) groups is 3. The predicted octanol–water partition coefficient (Wildman–Crippen LogP) is 1.93. The molecule has 2 N–H and O–H groups in total. The molecule has 0 spiro atoms. The number of fused-ring (bicyclic) bond motifs is 1. The maximum atomic E-state index is 12.8. The van der Waals surface area contributed by atoms with Crippen LogP contribution in [-0.4, -0.2) is 27.9 Å². The van der Waals surface area contributed by atoms with Gasteiger partial charge in [0, 0.05) is 12.1 Å². The molecule has 4 rings (SSSR count). The summed E-state index contributed by atoms with van der Waals surface area (Å²) >= 11 is 0. The minimum absolute atomic E-state index is 0.155. The quantitative estimate of drug-likeness (QED) is 0.346. The van der Waals surface area contributed by atoms with Gasteiger partial charge in [0.25, 0.3) is 5.69 Å². The zero-order valence-electron chi connectivity index (χ0n) is 15.2. The summed E-state index contributed by atoms with van der Waals surface area (Å²) in [6.07, 6.45) is 0. The van der Waals surface area contributed by atoms with Gasteiger partial charge in [-0.05, 0) is 18.1 Å². The fourth-order valence-electron chi connectivity index (χ4n) is 4.44. The molecule has 2 fully saturated rings. The summed E-state index contributed by atoms with van der Waals surface area (Å²) in [7, 11) is 0. The molecule has 29 heavy (non-hydrogen) atoms. The Morgan fingerprint density at radius 2 is 1.76 bits per heavy atom. The third kappa shape index (κ3) is 2.40. The van der Waals surface area contributed by atoms with Crippen LogP contribution in [0.5, 0.6) is 0 Å². The van der Waals surface area contributed by atoms with Gasteiger partial charge in [-0.25, -0.2) is 4.79 Å². The van der Waals surface area contributed by atoms with Crippen LogP contribution in [0.25, 0.3) is 0 Å². The Labute approximate surface area is 164 Å². The zero-order valence-corrected chi connectivity index (χ0v) is 15.2. The van der Waals surface area contributed by atoms with Crippen molar-refractivity contribution in [2.24, 2.45) is 11.3 Å². The molecule has 2 aromatic carbocycles. The summed E-state index contributed by atoms with van der Waals surface area (Å²) in [6, 6.07) is 12.7. The molecule has 0 bridgehead atoms. The van der Waals surface area contributed by atoms with E-state index >= 15 is 0 Å². The third-order valence-electron chi connectivity index (χ3n) is 5.88. The number of hydrogen-bond acceptors (Lipinski definition) is 7. The van der Waals surface area contributed by atoms with Crippen LogP contribution in [0.2, 0.25) is 0 Å². The average molecular weight is 396 g/mol. The number of esters is 2. The van der Waals surface area contributed by atoms with Crippen molar-refractivity contribution in [2.45, 2.75) is 18.5 Å². The highest BCUT2D eigenvalue weighted by Gasteiger charge is 2.75. The van der Waals surface area contributed by atoms with E-state index in [1.807, 2.05) is 0 Å². The highest BCUT2D eigenvalue weighted by atomic mass is 16.6. The molecule has 2 heterocycles. The Balaban J connectivity index is 1.92. The highest BCUT2D eigenvalue weighted by molar-refractivity contribution is 6.06. The summed E-state index contributed by atoms with van der Waals surface area (Å²) in [4.78, 5) is 48.2. The van der Waals surface area contributed by atoms with Gasteiger partial charge in [-0.2, -0.15) is 0 Å². The van der Waals surface area contributed by atoms with Crippen molar-refractivity contribution in [3.05, 3.63) is 75.8 Å². The number of ether oxygens (including phenoxy) is 1. The van der Waals surface area contributed by atoms with Gasteiger partial charge in [-0.15, -0.1) is 0 Å². The van der Waals surface area contributed by atoms with E-state index in [9.17, 15) is 29.6 Å². The Bertz CT molecular complexity index is 1040. The molecule has 2 saturated heterocycles. The van der Waals surface area contributed by atoms with Crippen LogP contribution < -0.4 is 5.32 Å². The van der Waals surface area contributed by atoms with Gasteiger partial charge in [0.05, 0.1) is 11.0 Å². The highest BCUT2D eigenvalue weighted by Crippen LogP contribution is 2.59. The molecule has 9 nitrogen and oxygen atoms in total. The lowest BCUT2D eigenvalue weighted by Crippen LogP contribution is -2.47. The van der Waals surface area contributed by atoms with Crippen molar-refractivity contribution in [3.8, 4) is 0 Å². The van der Waals surface area contributed by atoms with Crippen LogP contribution in [-0.2, 0) is 24.7 Å². The van der Waals surface area contributed by atoms with Gasteiger partial charge in [0.1, 0.15) is 11.3 Å². The van der Waals surface area contributed by atoms with E-state index in [1.165, 1.54) is 31.2 Å². The summed E-state index contributed by atoms with van der Waals surface area (Å²) in [5.41, 5.74) is -2.74. The van der Waals surface area contributed by atoms with Crippen LogP contribution >= 0.6 is 0 Å². The number of nitrogens with one attached hydrogen (secondary N) is 1. The third-order valence-corrected chi connectivity index (χ3v) is 5.88. The minimum atomic E-state index is -1.74. The predicted molar refractivity (Wildman–Crippen MR) is 97.4 cm³/mol. The molecule has 4 atom stereocenters.